The van der Waals surface area contributed by atoms with Crippen molar-refractivity contribution < 1.29 is 14.6 Å². The van der Waals surface area contributed by atoms with Crippen LogP contribution in [0.1, 0.15) is 31.4 Å². The van der Waals surface area contributed by atoms with Crippen LogP contribution in [0.5, 0.6) is 11.5 Å². The minimum atomic E-state index is -0.673. The van der Waals surface area contributed by atoms with E-state index in [9.17, 15) is 9.90 Å². The van der Waals surface area contributed by atoms with E-state index in [1.807, 2.05) is 13.8 Å². The van der Waals surface area contributed by atoms with E-state index in [0.29, 0.717) is 35.4 Å². The molecule has 1 aliphatic rings. The highest BCUT2D eigenvalue weighted by molar-refractivity contribution is 5.96. The smallest absolute Gasteiger partial charge is 0.224 e. The molecule has 0 aliphatic carbocycles. The highest BCUT2D eigenvalue weighted by atomic mass is 16.5. The number of phenols is 1. The second kappa shape index (κ2) is 4.17. The molecule has 1 heterocycles. The first-order valence-electron chi connectivity index (χ1n) is 5.86. The Balaban J connectivity index is 2.66. The number of phenolic OH excluding ortho intramolecular Hbond substituents is 1. The summed E-state index contributed by atoms with van der Waals surface area (Å²) in [5.41, 5.74) is 7.24. The molecule has 0 bridgehead atoms. The number of benzene rings is 1. The van der Waals surface area contributed by atoms with Gasteiger partial charge >= 0.3 is 0 Å². The number of nitrogens with two attached hydrogens (primary N) is 1. The lowest BCUT2D eigenvalue weighted by Crippen LogP contribution is -2.30. The van der Waals surface area contributed by atoms with Crippen molar-refractivity contribution >= 4 is 11.6 Å². The lowest BCUT2D eigenvalue weighted by atomic mass is 9.89. The Bertz CT molecular complexity index is 504. The number of anilines is 1. The van der Waals surface area contributed by atoms with E-state index in [1.165, 1.54) is 7.11 Å². The summed E-state index contributed by atoms with van der Waals surface area (Å²) in [6, 6.07) is 1.68. The van der Waals surface area contributed by atoms with Crippen LogP contribution in [-0.2, 0) is 16.8 Å². The van der Waals surface area contributed by atoms with Gasteiger partial charge < -0.3 is 20.9 Å². The second-order valence-electron chi connectivity index (χ2n) is 5.10. The van der Waals surface area contributed by atoms with Crippen LogP contribution in [0.3, 0.4) is 0 Å². The summed E-state index contributed by atoms with van der Waals surface area (Å²) in [5.74, 6) is 0.614. The minimum absolute atomic E-state index is 0.0695. The molecular formula is C13H18N2O3. The monoisotopic (exact) mass is 250 g/mol. The summed E-state index contributed by atoms with van der Waals surface area (Å²) in [7, 11) is 1.53. The van der Waals surface area contributed by atoms with Crippen LogP contribution < -0.4 is 15.8 Å². The van der Waals surface area contributed by atoms with E-state index in [1.54, 1.807) is 6.07 Å². The SMILES string of the molecule is COc1cc(C(C)(C)N)c(O)c2c1NC(=O)CC2. The third-order valence-corrected chi connectivity index (χ3v) is 3.15. The summed E-state index contributed by atoms with van der Waals surface area (Å²) in [6.07, 6.45) is 0.853. The molecular weight excluding hydrogens is 232 g/mol. The van der Waals surface area contributed by atoms with Crippen molar-refractivity contribution in [2.24, 2.45) is 5.73 Å². The fourth-order valence-electron chi connectivity index (χ4n) is 2.17. The maximum Gasteiger partial charge on any atom is 0.224 e. The Morgan fingerprint density at radius 3 is 2.67 bits per heavy atom. The Morgan fingerprint density at radius 2 is 2.11 bits per heavy atom. The van der Waals surface area contributed by atoms with Gasteiger partial charge in [-0.25, -0.2) is 0 Å². The number of nitrogens with one attached hydrogen (secondary N) is 1. The molecule has 2 rings (SSSR count). The average Bonchev–Trinajstić information content (AvgIpc) is 2.27. The molecule has 18 heavy (non-hydrogen) atoms. The molecule has 0 fully saturated rings. The molecule has 1 aliphatic heterocycles. The van der Waals surface area contributed by atoms with Crippen LogP contribution in [0.15, 0.2) is 6.07 Å². The molecule has 1 aromatic rings. The second-order valence-corrected chi connectivity index (χ2v) is 5.10. The Hall–Kier alpha value is -1.75. The van der Waals surface area contributed by atoms with Crippen molar-refractivity contribution in [3.8, 4) is 11.5 Å². The zero-order chi connectivity index (χ0) is 13.5. The molecule has 0 atom stereocenters. The average molecular weight is 250 g/mol. The first kappa shape index (κ1) is 12.7. The zero-order valence-electron chi connectivity index (χ0n) is 10.8. The number of fused-ring (bicyclic) bond motifs is 1. The first-order valence-corrected chi connectivity index (χ1v) is 5.86. The fraction of sp³-hybridized carbons (Fsp3) is 0.462. The van der Waals surface area contributed by atoms with Crippen molar-refractivity contribution in [2.45, 2.75) is 32.2 Å². The van der Waals surface area contributed by atoms with Crippen molar-refractivity contribution in [1.29, 1.82) is 0 Å². The van der Waals surface area contributed by atoms with Gasteiger partial charge in [0.15, 0.2) is 0 Å². The standard InChI is InChI=1S/C13H18N2O3/c1-13(2,14)8-6-9(18-3)11-7(12(8)17)4-5-10(16)15-11/h6,17H,4-5,14H2,1-3H3,(H,15,16). The van der Waals surface area contributed by atoms with E-state index < -0.39 is 5.54 Å². The van der Waals surface area contributed by atoms with E-state index in [4.69, 9.17) is 10.5 Å². The van der Waals surface area contributed by atoms with E-state index in [-0.39, 0.29) is 11.7 Å². The Morgan fingerprint density at radius 1 is 1.44 bits per heavy atom. The maximum atomic E-state index is 11.4. The molecule has 0 radical (unpaired) electrons. The highest BCUT2D eigenvalue weighted by Crippen LogP contribution is 2.43. The number of hydrogen-bond acceptors (Lipinski definition) is 4. The largest absolute Gasteiger partial charge is 0.507 e. The van der Waals surface area contributed by atoms with Crippen molar-refractivity contribution in [2.75, 3.05) is 12.4 Å². The van der Waals surface area contributed by atoms with E-state index in [2.05, 4.69) is 5.32 Å². The zero-order valence-corrected chi connectivity index (χ0v) is 10.8. The topological polar surface area (TPSA) is 84.6 Å². The Labute approximate surface area is 106 Å². The quantitative estimate of drug-likeness (QED) is 0.742. The van der Waals surface area contributed by atoms with E-state index >= 15 is 0 Å². The molecule has 0 saturated carbocycles. The molecule has 0 unspecified atom stereocenters. The third kappa shape index (κ3) is 2.01. The molecule has 4 N–H and O–H groups in total. The number of carbonyl (C=O) groups is 1. The van der Waals surface area contributed by atoms with Crippen LogP contribution in [0, 0.1) is 0 Å². The van der Waals surface area contributed by atoms with Crippen LogP contribution in [0.4, 0.5) is 5.69 Å². The number of carbonyl (C=O) groups excluding carboxylic acids is 1. The van der Waals surface area contributed by atoms with Gasteiger partial charge in [-0.2, -0.15) is 0 Å². The number of aromatic hydroxyl groups is 1. The van der Waals surface area contributed by atoms with Crippen LogP contribution in [0.2, 0.25) is 0 Å². The number of rotatable bonds is 2. The predicted molar refractivity (Wildman–Crippen MR) is 68.8 cm³/mol. The number of ether oxygens (including phenoxy) is 1. The van der Waals surface area contributed by atoms with Crippen LogP contribution >= 0.6 is 0 Å². The summed E-state index contributed by atoms with van der Waals surface area (Å²) in [4.78, 5) is 11.4. The van der Waals surface area contributed by atoms with Gasteiger partial charge in [0.1, 0.15) is 11.5 Å². The van der Waals surface area contributed by atoms with Crippen LogP contribution in [0.25, 0.3) is 0 Å². The highest BCUT2D eigenvalue weighted by Gasteiger charge is 2.28. The number of hydrogen-bond donors (Lipinski definition) is 3. The van der Waals surface area contributed by atoms with Gasteiger partial charge in [-0.3, -0.25) is 4.79 Å². The molecule has 0 spiro atoms. The first-order chi connectivity index (χ1) is 8.34. The lowest BCUT2D eigenvalue weighted by Gasteiger charge is -2.27. The summed E-state index contributed by atoms with van der Waals surface area (Å²) in [6.45, 7) is 3.63. The molecule has 98 valence electrons. The molecule has 0 aromatic heterocycles. The fourth-order valence-corrected chi connectivity index (χ4v) is 2.17. The Kier molecular flexibility index (Phi) is 2.94. The van der Waals surface area contributed by atoms with Crippen molar-refractivity contribution in [3.05, 3.63) is 17.2 Å². The molecule has 5 heteroatoms. The van der Waals surface area contributed by atoms with Gasteiger partial charge in [0, 0.05) is 23.1 Å². The van der Waals surface area contributed by atoms with Gasteiger partial charge in [-0.1, -0.05) is 0 Å². The van der Waals surface area contributed by atoms with E-state index in [0.717, 1.165) is 0 Å². The normalized spacial score (nSPS) is 15.0. The molecule has 1 aromatic carbocycles. The van der Waals surface area contributed by atoms with Gasteiger partial charge in [-0.05, 0) is 26.3 Å². The van der Waals surface area contributed by atoms with Crippen molar-refractivity contribution in [3.63, 3.8) is 0 Å². The van der Waals surface area contributed by atoms with Gasteiger partial charge in [0.05, 0.1) is 12.8 Å². The number of methoxy groups -OCH3 is 1. The van der Waals surface area contributed by atoms with Crippen molar-refractivity contribution in [1.82, 2.24) is 0 Å². The molecule has 1 amide bonds. The summed E-state index contributed by atoms with van der Waals surface area (Å²) in [5, 5.41) is 13.0. The van der Waals surface area contributed by atoms with Crippen LogP contribution in [-0.4, -0.2) is 18.1 Å². The maximum absolute atomic E-state index is 11.4. The lowest BCUT2D eigenvalue weighted by molar-refractivity contribution is -0.116. The minimum Gasteiger partial charge on any atom is -0.507 e. The summed E-state index contributed by atoms with van der Waals surface area (Å²) >= 11 is 0. The number of amides is 1. The third-order valence-electron chi connectivity index (χ3n) is 3.15. The molecule has 5 nitrogen and oxygen atoms in total. The van der Waals surface area contributed by atoms with Gasteiger partial charge in [-0.15, -0.1) is 0 Å². The molecule has 0 saturated heterocycles. The summed E-state index contributed by atoms with van der Waals surface area (Å²) < 4.78 is 5.27. The van der Waals surface area contributed by atoms with Gasteiger partial charge in [0.25, 0.3) is 0 Å². The predicted octanol–water partition coefficient (Wildman–Crippen LogP) is 1.48. The van der Waals surface area contributed by atoms with Gasteiger partial charge in [0.2, 0.25) is 5.91 Å².